The van der Waals surface area contributed by atoms with Crippen LogP contribution in [0.4, 0.5) is 5.13 Å². The van der Waals surface area contributed by atoms with Crippen LogP contribution in [0.5, 0.6) is 0 Å². The minimum absolute atomic E-state index is 0.267. The van der Waals surface area contributed by atoms with Crippen LogP contribution >= 0.6 is 22.7 Å². The lowest BCUT2D eigenvalue weighted by atomic mass is 9.72. The predicted octanol–water partition coefficient (Wildman–Crippen LogP) is 3.58. The van der Waals surface area contributed by atoms with E-state index in [0.29, 0.717) is 34.6 Å². The van der Waals surface area contributed by atoms with Crippen LogP contribution in [0.3, 0.4) is 0 Å². The van der Waals surface area contributed by atoms with Crippen molar-refractivity contribution in [3.8, 4) is 0 Å². The van der Waals surface area contributed by atoms with Crippen molar-refractivity contribution >= 4 is 39.6 Å². The summed E-state index contributed by atoms with van der Waals surface area (Å²) in [5.74, 6) is 0.0211. The fourth-order valence-corrected chi connectivity index (χ4v) is 6.21. The number of hydrazine groups is 1. The monoisotopic (exact) mass is 462 g/mol. The average Bonchev–Trinajstić information content (AvgIpc) is 3.35. The average molecular weight is 463 g/mol. The van der Waals surface area contributed by atoms with E-state index < -0.39 is 0 Å². The first-order valence-electron chi connectivity index (χ1n) is 10.7. The number of hydrogen-bond acceptors (Lipinski definition) is 7. The maximum absolute atomic E-state index is 12.7. The molecule has 2 aliphatic rings. The van der Waals surface area contributed by atoms with Crippen LogP contribution in [0.25, 0.3) is 0 Å². The third-order valence-corrected chi connectivity index (χ3v) is 8.55. The second kappa shape index (κ2) is 8.88. The highest BCUT2D eigenvalue weighted by Gasteiger charge is 2.30. The van der Waals surface area contributed by atoms with E-state index in [0.717, 1.165) is 37.5 Å². The zero-order valence-electron chi connectivity index (χ0n) is 18.5. The Bertz CT molecular complexity index is 970. The number of ether oxygens (including phenoxy) is 1. The van der Waals surface area contributed by atoms with Gasteiger partial charge in [-0.15, -0.1) is 11.3 Å². The highest BCUT2D eigenvalue weighted by atomic mass is 32.1. The number of rotatable bonds is 3. The van der Waals surface area contributed by atoms with Crippen molar-refractivity contribution in [2.75, 3.05) is 31.2 Å². The Balaban J connectivity index is 1.37. The molecule has 0 radical (unpaired) electrons. The van der Waals surface area contributed by atoms with Gasteiger partial charge in [0, 0.05) is 18.0 Å². The van der Waals surface area contributed by atoms with Gasteiger partial charge in [0.05, 0.1) is 23.8 Å². The van der Waals surface area contributed by atoms with Gasteiger partial charge in [0.15, 0.2) is 5.13 Å². The van der Waals surface area contributed by atoms with Gasteiger partial charge in [-0.3, -0.25) is 20.4 Å². The number of aryl methyl sites for hydroxylation is 2. The van der Waals surface area contributed by atoms with Crippen LogP contribution in [0.1, 0.15) is 62.7 Å². The SMILES string of the molecule is Cc1nc(N2CCOCC2)sc1C(=O)NNC(=O)c1cc2c(s1)CCC(C(C)(C)C)C2. The van der Waals surface area contributed by atoms with Crippen LogP contribution < -0.4 is 15.8 Å². The number of aromatic nitrogens is 1. The van der Waals surface area contributed by atoms with Crippen LogP contribution in [0.2, 0.25) is 0 Å². The van der Waals surface area contributed by atoms with E-state index in [2.05, 4.69) is 41.5 Å². The third-order valence-electron chi connectivity index (χ3n) is 6.09. The predicted molar refractivity (Wildman–Crippen MR) is 124 cm³/mol. The molecule has 0 saturated carbocycles. The van der Waals surface area contributed by atoms with Gasteiger partial charge in [-0.2, -0.15) is 0 Å². The Hall–Kier alpha value is -1.97. The first-order valence-corrected chi connectivity index (χ1v) is 12.4. The van der Waals surface area contributed by atoms with E-state index in [4.69, 9.17) is 4.74 Å². The fraction of sp³-hybridized carbons (Fsp3) is 0.591. The third kappa shape index (κ3) is 4.94. The van der Waals surface area contributed by atoms with Crippen molar-refractivity contribution in [1.29, 1.82) is 0 Å². The highest BCUT2D eigenvalue weighted by molar-refractivity contribution is 7.17. The van der Waals surface area contributed by atoms with Gasteiger partial charge in [-0.1, -0.05) is 32.1 Å². The molecule has 7 nitrogen and oxygen atoms in total. The number of carbonyl (C=O) groups is 2. The quantitative estimate of drug-likeness (QED) is 0.682. The van der Waals surface area contributed by atoms with E-state index >= 15 is 0 Å². The van der Waals surface area contributed by atoms with Gasteiger partial charge in [0.2, 0.25) is 0 Å². The van der Waals surface area contributed by atoms with Crippen molar-refractivity contribution in [2.24, 2.45) is 11.3 Å². The number of thiophene rings is 1. The molecule has 2 amide bonds. The number of amides is 2. The van der Waals surface area contributed by atoms with Crippen LogP contribution in [0, 0.1) is 18.3 Å². The number of nitrogens with zero attached hydrogens (tertiary/aromatic N) is 2. The molecular weight excluding hydrogens is 432 g/mol. The lowest BCUT2D eigenvalue weighted by Gasteiger charge is -2.33. The molecule has 168 valence electrons. The molecule has 1 aliphatic heterocycles. The molecule has 2 aromatic heterocycles. The summed E-state index contributed by atoms with van der Waals surface area (Å²) in [4.78, 5) is 34.4. The number of thiazole rings is 1. The zero-order chi connectivity index (χ0) is 22.2. The van der Waals surface area contributed by atoms with E-state index in [9.17, 15) is 9.59 Å². The Morgan fingerprint density at radius 3 is 2.58 bits per heavy atom. The molecule has 31 heavy (non-hydrogen) atoms. The second-order valence-electron chi connectivity index (χ2n) is 9.28. The zero-order valence-corrected chi connectivity index (χ0v) is 20.2. The van der Waals surface area contributed by atoms with Crippen molar-refractivity contribution in [3.63, 3.8) is 0 Å². The van der Waals surface area contributed by atoms with Crippen molar-refractivity contribution in [2.45, 2.75) is 47.0 Å². The topological polar surface area (TPSA) is 83.6 Å². The Morgan fingerprint density at radius 2 is 1.87 bits per heavy atom. The smallest absolute Gasteiger partial charge is 0.281 e. The number of morpholine rings is 1. The molecule has 3 heterocycles. The van der Waals surface area contributed by atoms with Gasteiger partial charge in [-0.05, 0) is 49.1 Å². The molecule has 1 aliphatic carbocycles. The molecule has 1 unspecified atom stereocenters. The van der Waals surface area contributed by atoms with Crippen LogP contribution in [-0.2, 0) is 17.6 Å². The van der Waals surface area contributed by atoms with E-state index in [1.807, 2.05) is 13.0 Å². The maximum atomic E-state index is 12.7. The summed E-state index contributed by atoms with van der Waals surface area (Å²) < 4.78 is 5.37. The lowest BCUT2D eigenvalue weighted by Crippen LogP contribution is -2.41. The summed E-state index contributed by atoms with van der Waals surface area (Å²) in [5, 5.41) is 0.816. The second-order valence-corrected chi connectivity index (χ2v) is 11.4. The molecule has 1 saturated heterocycles. The number of nitrogens with one attached hydrogen (secondary N) is 2. The van der Waals surface area contributed by atoms with Gasteiger partial charge >= 0.3 is 0 Å². The van der Waals surface area contributed by atoms with Crippen molar-refractivity contribution in [1.82, 2.24) is 15.8 Å². The summed E-state index contributed by atoms with van der Waals surface area (Å²) in [7, 11) is 0. The largest absolute Gasteiger partial charge is 0.378 e. The Morgan fingerprint density at radius 1 is 1.16 bits per heavy atom. The molecule has 1 atom stereocenters. The van der Waals surface area contributed by atoms with Crippen molar-refractivity contribution in [3.05, 3.63) is 32.0 Å². The first-order chi connectivity index (χ1) is 14.7. The molecule has 2 N–H and O–H groups in total. The fourth-order valence-electron chi connectivity index (χ4n) is 4.09. The first kappa shape index (κ1) is 22.2. The summed E-state index contributed by atoms with van der Waals surface area (Å²) in [6.07, 6.45) is 3.19. The van der Waals surface area contributed by atoms with Gasteiger partial charge in [-0.25, -0.2) is 4.98 Å². The molecule has 0 bridgehead atoms. The summed E-state index contributed by atoms with van der Waals surface area (Å²) >= 11 is 2.88. The Kier molecular flexibility index (Phi) is 6.37. The lowest BCUT2D eigenvalue weighted by molar-refractivity contribution is 0.0850. The van der Waals surface area contributed by atoms with Crippen LogP contribution in [0.15, 0.2) is 6.07 Å². The standard InChI is InChI=1S/C22H30N4O3S2/c1-13-18(31-21(23-13)26-7-9-29-10-8-26)20(28)25-24-19(27)17-12-14-11-15(22(2,3)4)5-6-16(14)30-17/h12,15H,5-11H2,1-4H3,(H,24,27)(H,25,28). The summed E-state index contributed by atoms with van der Waals surface area (Å²) in [6.45, 7) is 11.5. The van der Waals surface area contributed by atoms with E-state index in [1.165, 1.54) is 33.1 Å². The van der Waals surface area contributed by atoms with Gasteiger partial charge in [0.25, 0.3) is 11.8 Å². The van der Waals surface area contributed by atoms with E-state index in [-0.39, 0.29) is 17.2 Å². The molecular formula is C22H30N4O3S2. The molecule has 4 rings (SSSR count). The van der Waals surface area contributed by atoms with Gasteiger partial charge < -0.3 is 9.64 Å². The minimum Gasteiger partial charge on any atom is -0.378 e. The Labute approximate surface area is 191 Å². The molecule has 1 fully saturated rings. The summed E-state index contributed by atoms with van der Waals surface area (Å²) in [6, 6.07) is 1.99. The molecule has 0 aromatic carbocycles. The minimum atomic E-state index is -0.336. The molecule has 0 spiro atoms. The molecule has 2 aromatic rings. The van der Waals surface area contributed by atoms with Crippen LogP contribution in [-0.4, -0.2) is 43.1 Å². The summed E-state index contributed by atoms with van der Waals surface area (Å²) in [5.41, 5.74) is 7.35. The van der Waals surface area contributed by atoms with E-state index in [1.54, 1.807) is 0 Å². The highest BCUT2D eigenvalue weighted by Crippen LogP contribution is 2.40. The number of hydrogen-bond donors (Lipinski definition) is 2. The normalized spacial score (nSPS) is 19.1. The molecule has 9 heteroatoms. The van der Waals surface area contributed by atoms with Gasteiger partial charge in [0.1, 0.15) is 4.88 Å². The number of carbonyl (C=O) groups excluding carboxylic acids is 2. The number of fused-ring (bicyclic) bond motifs is 1. The number of anilines is 1. The maximum Gasteiger partial charge on any atom is 0.281 e. The van der Waals surface area contributed by atoms with Crippen molar-refractivity contribution < 1.29 is 14.3 Å².